The highest BCUT2D eigenvalue weighted by Crippen LogP contribution is 2.12. The molecule has 72 valence electrons. The van der Waals surface area contributed by atoms with E-state index in [9.17, 15) is 4.79 Å². The third-order valence-corrected chi connectivity index (χ3v) is 2.14. The van der Waals surface area contributed by atoms with Crippen molar-refractivity contribution in [2.45, 2.75) is 13.3 Å². The van der Waals surface area contributed by atoms with E-state index < -0.39 is 11.9 Å². The number of aliphatic carboxylic acids is 1. The van der Waals surface area contributed by atoms with E-state index in [2.05, 4.69) is 0 Å². The average Bonchev–Trinajstić information content (AvgIpc) is 2.16. The van der Waals surface area contributed by atoms with Gasteiger partial charge in [-0.1, -0.05) is 24.3 Å². The van der Waals surface area contributed by atoms with Crippen LogP contribution in [0.5, 0.6) is 0 Å². The second-order valence-corrected chi connectivity index (χ2v) is 3.15. The minimum Gasteiger partial charge on any atom is -0.480 e. The largest absolute Gasteiger partial charge is 0.480 e. The van der Waals surface area contributed by atoms with E-state index in [4.69, 9.17) is 10.4 Å². The number of carboxylic acids is 1. The number of nitrogens with zero attached hydrogens (tertiary/aromatic N) is 1. The monoisotopic (exact) mass is 189 g/mol. The number of carboxylic acid groups (broad SMARTS) is 1. The molecule has 0 aromatic heterocycles. The second-order valence-electron chi connectivity index (χ2n) is 3.15. The van der Waals surface area contributed by atoms with Crippen molar-refractivity contribution in [3.8, 4) is 6.07 Å². The van der Waals surface area contributed by atoms with Crippen molar-refractivity contribution >= 4 is 5.97 Å². The van der Waals surface area contributed by atoms with Gasteiger partial charge in [0, 0.05) is 0 Å². The summed E-state index contributed by atoms with van der Waals surface area (Å²) in [5, 5.41) is 17.3. The van der Waals surface area contributed by atoms with Crippen LogP contribution in [0.25, 0.3) is 0 Å². The Bertz CT molecular complexity index is 379. The molecule has 0 aliphatic rings. The summed E-state index contributed by atoms with van der Waals surface area (Å²) in [6.07, 6.45) is 0.276. The van der Waals surface area contributed by atoms with Gasteiger partial charge in [0.15, 0.2) is 0 Å². The van der Waals surface area contributed by atoms with Gasteiger partial charge >= 0.3 is 5.97 Å². The van der Waals surface area contributed by atoms with E-state index in [1.165, 1.54) is 0 Å². The molecule has 0 radical (unpaired) electrons. The summed E-state index contributed by atoms with van der Waals surface area (Å²) in [4.78, 5) is 10.6. The summed E-state index contributed by atoms with van der Waals surface area (Å²) in [6.45, 7) is 1.91. The van der Waals surface area contributed by atoms with Gasteiger partial charge in [-0.15, -0.1) is 0 Å². The Labute approximate surface area is 82.6 Å². The molecular weight excluding hydrogens is 178 g/mol. The molecule has 1 aromatic carbocycles. The van der Waals surface area contributed by atoms with Gasteiger partial charge in [0.05, 0.1) is 6.07 Å². The first-order valence-electron chi connectivity index (χ1n) is 4.32. The van der Waals surface area contributed by atoms with Gasteiger partial charge < -0.3 is 5.11 Å². The van der Waals surface area contributed by atoms with E-state index in [1.807, 2.05) is 31.2 Å². The van der Waals surface area contributed by atoms with E-state index in [0.717, 1.165) is 11.1 Å². The molecule has 0 spiro atoms. The highest BCUT2D eigenvalue weighted by atomic mass is 16.4. The van der Waals surface area contributed by atoms with E-state index in [0.29, 0.717) is 0 Å². The van der Waals surface area contributed by atoms with Gasteiger partial charge in [-0.2, -0.15) is 5.26 Å². The fraction of sp³-hybridized carbons (Fsp3) is 0.273. The summed E-state index contributed by atoms with van der Waals surface area (Å²) in [5.41, 5.74) is 1.94. The van der Waals surface area contributed by atoms with Crippen LogP contribution >= 0.6 is 0 Å². The van der Waals surface area contributed by atoms with Gasteiger partial charge in [0.1, 0.15) is 5.92 Å². The van der Waals surface area contributed by atoms with Crippen molar-refractivity contribution in [1.82, 2.24) is 0 Å². The maximum absolute atomic E-state index is 10.6. The van der Waals surface area contributed by atoms with Crippen LogP contribution in [0.15, 0.2) is 24.3 Å². The molecule has 0 bridgehead atoms. The van der Waals surface area contributed by atoms with Gasteiger partial charge in [0.2, 0.25) is 0 Å². The van der Waals surface area contributed by atoms with Crippen molar-refractivity contribution in [2.24, 2.45) is 5.92 Å². The van der Waals surface area contributed by atoms with Crippen LogP contribution in [0, 0.1) is 24.2 Å². The van der Waals surface area contributed by atoms with Crippen molar-refractivity contribution in [3.63, 3.8) is 0 Å². The van der Waals surface area contributed by atoms with Crippen molar-refractivity contribution in [1.29, 1.82) is 5.26 Å². The number of hydrogen-bond acceptors (Lipinski definition) is 2. The third-order valence-electron chi connectivity index (χ3n) is 2.14. The molecular formula is C11H11NO2. The molecule has 14 heavy (non-hydrogen) atoms. The Morgan fingerprint density at radius 3 is 2.71 bits per heavy atom. The van der Waals surface area contributed by atoms with Crippen LogP contribution < -0.4 is 0 Å². The number of benzene rings is 1. The first-order valence-corrected chi connectivity index (χ1v) is 4.32. The lowest BCUT2D eigenvalue weighted by molar-refractivity contribution is -0.139. The van der Waals surface area contributed by atoms with Crippen LogP contribution in [0.1, 0.15) is 11.1 Å². The third kappa shape index (κ3) is 2.33. The zero-order valence-corrected chi connectivity index (χ0v) is 7.90. The van der Waals surface area contributed by atoms with Crippen LogP contribution in [-0.4, -0.2) is 11.1 Å². The van der Waals surface area contributed by atoms with Gasteiger partial charge in [-0.3, -0.25) is 4.79 Å². The number of carbonyl (C=O) groups is 1. The molecule has 0 unspecified atom stereocenters. The van der Waals surface area contributed by atoms with Gasteiger partial charge in [0.25, 0.3) is 0 Å². The topological polar surface area (TPSA) is 61.1 Å². The molecule has 1 N–H and O–H groups in total. The Morgan fingerprint density at radius 2 is 2.21 bits per heavy atom. The molecule has 0 saturated heterocycles. The number of aryl methyl sites for hydroxylation is 1. The van der Waals surface area contributed by atoms with Crippen molar-refractivity contribution in [3.05, 3.63) is 35.4 Å². The van der Waals surface area contributed by atoms with Crippen molar-refractivity contribution < 1.29 is 9.90 Å². The minimum atomic E-state index is -1.06. The molecule has 0 saturated carbocycles. The average molecular weight is 189 g/mol. The summed E-state index contributed by atoms with van der Waals surface area (Å²) in [5.74, 6) is -2.01. The second kappa shape index (κ2) is 4.43. The zero-order chi connectivity index (χ0) is 10.6. The normalized spacial score (nSPS) is 11.7. The maximum Gasteiger partial charge on any atom is 0.321 e. The van der Waals surface area contributed by atoms with E-state index >= 15 is 0 Å². The lowest BCUT2D eigenvalue weighted by atomic mass is 9.97. The predicted octanol–water partition coefficient (Wildman–Crippen LogP) is 1.76. The molecule has 1 atom stereocenters. The Balaban J connectivity index is 2.84. The first-order chi connectivity index (χ1) is 6.65. The Hall–Kier alpha value is -1.82. The Kier molecular flexibility index (Phi) is 3.24. The smallest absolute Gasteiger partial charge is 0.321 e. The van der Waals surface area contributed by atoms with Gasteiger partial charge in [-0.05, 0) is 24.5 Å². The van der Waals surface area contributed by atoms with E-state index in [-0.39, 0.29) is 6.42 Å². The predicted molar refractivity (Wildman–Crippen MR) is 51.6 cm³/mol. The molecule has 1 rings (SSSR count). The number of nitriles is 1. The Morgan fingerprint density at radius 1 is 1.57 bits per heavy atom. The van der Waals surface area contributed by atoms with Crippen LogP contribution in [0.3, 0.4) is 0 Å². The summed E-state index contributed by atoms with van der Waals surface area (Å²) in [7, 11) is 0. The molecule has 0 heterocycles. The van der Waals surface area contributed by atoms with Crippen LogP contribution in [-0.2, 0) is 11.2 Å². The molecule has 1 aromatic rings. The molecule has 3 heteroatoms. The highest BCUT2D eigenvalue weighted by molar-refractivity contribution is 5.73. The number of rotatable bonds is 3. The highest BCUT2D eigenvalue weighted by Gasteiger charge is 2.17. The molecule has 0 aliphatic heterocycles. The molecule has 0 fully saturated rings. The SMILES string of the molecule is Cc1ccccc1C[C@@H](C#N)C(=O)O. The lowest BCUT2D eigenvalue weighted by Crippen LogP contribution is -2.14. The molecule has 0 aliphatic carbocycles. The first kappa shape index (κ1) is 10.3. The van der Waals surface area contributed by atoms with Gasteiger partial charge in [-0.25, -0.2) is 0 Å². The van der Waals surface area contributed by atoms with Crippen molar-refractivity contribution in [2.75, 3.05) is 0 Å². The lowest BCUT2D eigenvalue weighted by Gasteiger charge is -2.06. The summed E-state index contributed by atoms with van der Waals surface area (Å²) < 4.78 is 0. The van der Waals surface area contributed by atoms with Crippen LogP contribution in [0.4, 0.5) is 0 Å². The standard InChI is InChI=1S/C11H11NO2/c1-8-4-2-3-5-9(8)6-10(7-12)11(13)14/h2-5,10H,6H2,1H3,(H,13,14)/t10-/m0/s1. The quantitative estimate of drug-likeness (QED) is 0.788. The fourth-order valence-electron chi connectivity index (χ4n) is 1.25. The zero-order valence-electron chi connectivity index (χ0n) is 7.90. The molecule has 0 amide bonds. The summed E-state index contributed by atoms with van der Waals surface area (Å²) in [6, 6.07) is 9.27. The maximum atomic E-state index is 10.6. The summed E-state index contributed by atoms with van der Waals surface area (Å²) >= 11 is 0. The number of hydrogen-bond donors (Lipinski definition) is 1. The minimum absolute atomic E-state index is 0.276. The fourth-order valence-corrected chi connectivity index (χ4v) is 1.25. The van der Waals surface area contributed by atoms with Crippen LogP contribution in [0.2, 0.25) is 0 Å². The van der Waals surface area contributed by atoms with E-state index in [1.54, 1.807) is 6.07 Å². The molecule has 3 nitrogen and oxygen atoms in total.